The third kappa shape index (κ3) is 4.83. The fraction of sp³-hybridized carbons (Fsp3) is 0.619. The van der Waals surface area contributed by atoms with Gasteiger partial charge in [-0.05, 0) is 0 Å². The molecule has 0 saturated carbocycles. The van der Waals surface area contributed by atoms with Gasteiger partial charge in [0, 0.05) is 25.3 Å². The molecule has 2 aromatic rings. The first-order chi connectivity index (χ1) is 16.8. The van der Waals surface area contributed by atoms with Gasteiger partial charge in [0.2, 0.25) is 11.6 Å². The zero-order chi connectivity index (χ0) is 26.5. The van der Waals surface area contributed by atoms with Crippen molar-refractivity contribution in [2.45, 2.75) is 44.9 Å². The molecule has 12 nitrogen and oxygen atoms in total. The van der Waals surface area contributed by atoms with E-state index in [0.29, 0.717) is 11.3 Å². The molecule has 4 rings (SSSR count). The summed E-state index contributed by atoms with van der Waals surface area (Å²) in [7, 11) is -0.671. The van der Waals surface area contributed by atoms with Crippen LogP contribution in [0.2, 0.25) is 0 Å². The zero-order valence-corrected chi connectivity index (χ0v) is 22.2. The Bertz CT molecular complexity index is 1260. The van der Waals surface area contributed by atoms with Gasteiger partial charge in [-0.3, -0.25) is 22.9 Å². The van der Waals surface area contributed by atoms with Crippen molar-refractivity contribution in [2.24, 2.45) is 5.41 Å². The van der Waals surface area contributed by atoms with Gasteiger partial charge in [-0.1, -0.05) is 38.5 Å². The third-order valence-corrected chi connectivity index (χ3v) is 8.25. The van der Waals surface area contributed by atoms with Crippen LogP contribution in [0.25, 0.3) is 11.2 Å². The predicted octanol–water partition coefficient (Wildman–Crippen LogP) is 2.56. The maximum atomic E-state index is 16.4. The molecule has 1 unspecified atom stereocenters. The molecule has 4 heterocycles. The SMILES string of the molecule is C#C[C@@]1(F)[C@@H]2OP(=O)(OCCSC(=O)C(C)(C)C)OC[C@H]2O[C@H]1n1cnc2c(N(C)C)nc(N)nc21. The van der Waals surface area contributed by atoms with E-state index in [-0.39, 0.29) is 35.7 Å². The van der Waals surface area contributed by atoms with Crippen molar-refractivity contribution in [1.29, 1.82) is 0 Å². The Labute approximate surface area is 212 Å². The van der Waals surface area contributed by atoms with E-state index >= 15 is 4.39 Å². The number of aromatic nitrogens is 4. The number of phosphoric acid groups is 1. The maximum Gasteiger partial charge on any atom is 0.475 e. The van der Waals surface area contributed by atoms with Crippen LogP contribution < -0.4 is 10.6 Å². The Morgan fingerprint density at radius 1 is 1.47 bits per heavy atom. The summed E-state index contributed by atoms with van der Waals surface area (Å²) in [4.78, 5) is 26.4. The summed E-state index contributed by atoms with van der Waals surface area (Å²) in [6.07, 6.45) is 3.06. The summed E-state index contributed by atoms with van der Waals surface area (Å²) in [5.74, 6) is 2.69. The highest BCUT2D eigenvalue weighted by atomic mass is 32.2. The number of terminal acetylenes is 1. The number of nitrogens with zero attached hydrogens (tertiary/aromatic N) is 5. The second-order valence-electron chi connectivity index (χ2n) is 9.55. The number of phosphoric ester groups is 1. The molecule has 2 saturated heterocycles. The Kier molecular flexibility index (Phi) is 7.11. The van der Waals surface area contributed by atoms with Gasteiger partial charge in [-0.2, -0.15) is 9.97 Å². The van der Waals surface area contributed by atoms with Gasteiger partial charge in [0.25, 0.3) is 0 Å². The quantitative estimate of drug-likeness (QED) is 0.325. The average molecular weight is 543 g/mol. The van der Waals surface area contributed by atoms with Gasteiger partial charge in [0.15, 0.2) is 28.3 Å². The van der Waals surface area contributed by atoms with Crippen LogP contribution in [0.15, 0.2) is 6.33 Å². The average Bonchev–Trinajstić information content (AvgIpc) is 3.34. The number of anilines is 2. The Morgan fingerprint density at radius 3 is 2.83 bits per heavy atom. The lowest BCUT2D eigenvalue weighted by molar-refractivity contribution is -0.117. The fourth-order valence-corrected chi connectivity index (χ4v) is 6.06. The molecule has 0 bridgehead atoms. The summed E-state index contributed by atoms with van der Waals surface area (Å²) >= 11 is 1.04. The molecule has 15 heteroatoms. The van der Waals surface area contributed by atoms with Crippen molar-refractivity contribution in [1.82, 2.24) is 19.5 Å². The molecule has 2 fully saturated rings. The van der Waals surface area contributed by atoms with Crippen molar-refractivity contribution >= 4 is 47.6 Å². The van der Waals surface area contributed by atoms with Gasteiger partial charge in [0.1, 0.15) is 12.2 Å². The highest BCUT2D eigenvalue weighted by Crippen LogP contribution is 2.59. The lowest BCUT2D eigenvalue weighted by Crippen LogP contribution is -2.46. The second kappa shape index (κ2) is 9.55. The molecule has 36 heavy (non-hydrogen) atoms. The number of hydrogen-bond donors (Lipinski definition) is 1. The van der Waals surface area contributed by atoms with E-state index in [9.17, 15) is 9.36 Å². The highest BCUT2D eigenvalue weighted by Gasteiger charge is 2.63. The summed E-state index contributed by atoms with van der Waals surface area (Å²) < 4.78 is 52.7. The third-order valence-electron chi connectivity index (χ3n) is 5.55. The minimum atomic E-state index is -4.17. The molecule has 5 atom stereocenters. The number of thioether (sulfide) groups is 1. The number of nitrogens with two attached hydrogens (primary N) is 1. The van der Waals surface area contributed by atoms with Crippen molar-refractivity contribution in [2.75, 3.05) is 43.7 Å². The number of fused-ring (bicyclic) bond motifs is 2. The van der Waals surface area contributed by atoms with Crippen LogP contribution in [0.1, 0.15) is 27.0 Å². The molecule has 0 aliphatic carbocycles. The van der Waals surface area contributed by atoms with E-state index in [4.69, 9.17) is 30.5 Å². The highest BCUT2D eigenvalue weighted by molar-refractivity contribution is 8.13. The van der Waals surface area contributed by atoms with E-state index < -0.39 is 37.3 Å². The maximum absolute atomic E-state index is 16.4. The minimum absolute atomic E-state index is 0.0474. The van der Waals surface area contributed by atoms with Crippen molar-refractivity contribution in [3.05, 3.63) is 6.33 Å². The molecule has 0 aromatic carbocycles. The number of hydrogen-bond acceptors (Lipinski definition) is 12. The number of alkyl halides is 1. The molecule has 196 valence electrons. The van der Waals surface area contributed by atoms with Gasteiger partial charge < -0.3 is 15.4 Å². The van der Waals surface area contributed by atoms with Gasteiger partial charge >= 0.3 is 7.82 Å². The molecule has 2 aliphatic heterocycles. The second-order valence-corrected chi connectivity index (χ2v) is 12.2. The van der Waals surface area contributed by atoms with E-state index in [1.165, 1.54) is 10.9 Å². The molecule has 2 N–H and O–H groups in total. The van der Waals surface area contributed by atoms with E-state index in [2.05, 4.69) is 20.9 Å². The van der Waals surface area contributed by atoms with E-state index in [1.807, 2.05) is 0 Å². The topological polar surface area (TPSA) is 144 Å². The van der Waals surface area contributed by atoms with Crippen LogP contribution in [0.3, 0.4) is 0 Å². The number of imidazole rings is 1. The monoisotopic (exact) mass is 542 g/mol. The first-order valence-corrected chi connectivity index (χ1v) is 13.5. The Balaban J connectivity index is 1.54. The molecule has 0 spiro atoms. The van der Waals surface area contributed by atoms with E-state index in [0.717, 1.165) is 11.8 Å². The molecule has 0 radical (unpaired) electrons. The van der Waals surface area contributed by atoms with Crippen molar-refractivity contribution in [3.63, 3.8) is 0 Å². The standard InChI is InChI=1S/C21H28FN6O6PS/c1-7-21(22)14-12(10-32-35(30,34-14)31-8-9-36-18(29)20(2,3)4)33-17(21)28-11-24-13-15(27(5)6)25-19(23)26-16(13)28/h1,11-12,14,17H,8-10H2,2-6H3,(H2,23,25,26)/t12-,14-,17-,21-,35?/m1/s1. The van der Waals surface area contributed by atoms with Gasteiger partial charge in [0.05, 0.1) is 19.5 Å². The molecular formula is C21H28FN6O6PS. The number of ether oxygens (including phenoxy) is 1. The molecule has 2 aromatic heterocycles. The van der Waals surface area contributed by atoms with Crippen LogP contribution in [0.4, 0.5) is 16.2 Å². The first kappa shape index (κ1) is 26.8. The summed E-state index contributed by atoms with van der Waals surface area (Å²) in [5.41, 5.74) is 3.32. The summed E-state index contributed by atoms with van der Waals surface area (Å²) in [6.45, 7) is 4.98. The summed E-state index contributed by atoms with van der Waals surface area (Å²) in [6, 6.07) is 0. The van der Waals surface area contributed by atoms with Crippen molar-refractivity contribution in [3.8, 4) is 12.3 Å². The molecular weight excluding hydrogens is 514 g/mol. The fourth-order valence-electron chi connectivity index (χ4n) is 3.74. The number of carbonyl (C=O) groups excluding carboxylic acids is 1. The number of rotatable bonds is 6. The smallest absolute Gasteiger partial charge is 0.368 e. The number of nitrogen functional groups attached to an aromatic ring is 1. The lowest BCUT2D eigenvalue weighted by Gasteiger charge is -2.33. The Morgan fingerprint density at radius 2 is 2.19 bits per heavy atom. The normalized spacial score (nSPS) is 30.2. The lowest BCUT2D eigenvalue weighted by atomic mass is 9.97. The van der Waals surface area contributed by atoms with Crippen LogP contribution in [0.5, 0.6) is 0 Å². The number of carbonyl (C=O) groups is 1. The largest absolute Gasteiger partial charge is 0.475 e. The van der Waals surface area contributed by atoms with Gasteiger partial charge in [-0.15, -0.1) is 6.42 Å². The van der Waals surface area contributed by atoms with Crippen molar-refractivity contribution < 1.29 is 32.1 Å². The van der Waals surface area contributed by atoms with Crippen LogP contribution in [-0.2, 0) is 27.7 Å². The summed E-state index contributed by atoms with van der Waals surface area (Å²) in [5, 5.41) is -0.0495. The Hall–Kier alpha value is -2.27. The minimum Gasteiger partial charge on any atom is -0.368 e. The first-order valence-electron chi connectivity index (χ1n) is 11.0. The van der Waals surface area contributed by atoms with Crippen LogP contribution in [0, 0.1) is 17.8 Å². The van der Waals surface area contributed by atoms with Crippen LogP contribution >= 0.6 is 19.6 Å². The molecule has 2 aliphatic rings. The number of halogens is 1. The van der Waals surface area contributed by atoms with E-state index in [1.54, 1.807) is 39.8 Å². The van der Waals surface area contributed by atoms with Gasteiger partial charge in [-0.25, -0.2) is 13.9 Å². The zero-order valence-electron chi connectivity index (χ0n) is 20.5. The predicted molar refractivity (Wildman–Crippen MR) is 132 cm³/mol. The van der Waals surface area contributed by atoms with Crippen LogP contribution in [-0.4, -0.2) is 75.6 Å². The molecule has 0 amide bonds.